The van der Waals surface area contributed by atoms with Gasteiger partial charge in [0.2, 0.25) is 5.88 Å². The van der Waals surface area contributed by atoms with Crippen molar-refractivity contribution in [2.75, 3.05) is 13.7 Å². The summed E-state index contributed by atoms with van der Waals surface area (Å²) in [6.45, 7) is 1.28. The van der Waals surface area contributed by atoms with Crippen molar-refractivity contribution >= 4 is 0 Å². The van der Waals surface area contributed by atoms with Gasteiger partial charge in [-0.25, -0.2) is 4.98 Å². The molecule has 1 atom stereocenters. The Hall–Kier alpha value is -1.13. The zero-order chi connectivity index (χ0) is 11.2. The predicted molar refractivity (Wildman–Crippen MR) is 59.2 cm³/mol. The third kappa shape index (κ3) is 3.18. The number of methoxy groups -OCH3 is 1. The van der Waals surface area contributed by atoms with E-state index in [1.807, 2.05) is 18.2 Å². The van der Waals surface area contributed by atoms with E-state index in [-0.39, 0.29) is 6.29 Å². The maximum absolute atomic E-state index is 5.63. The summed E-state index contributed by atoms with van der Waals surface area (Å²) in [6, 6.07) is 5.65. The van der Waals surface area contributed by atoms with Crippen LogP contribution in [0.3, 0.4) is 0 Å². The molecule has 1 fully saturated rings. The second-order valence-corrected chi connectivity index (χ2v) is 3.78. The highest BCUT2D eigenvalue weighted by molar-refractivity contribution is 5.14. The van der Waals surface area contributed by atoms with Crippen molar-refractivity contribution in [2.45, 2.75) is 32.2 Å². The van der Waals surface area contributed by atoms with E-state index >= 15 is 0 Å². The fraction of sp³-hybridized carbons (Fsp3) is 0.583. The van der Waals surface area contributed by atoms with Gasteiger partial charge < -0.3 is 14.2 Å². The monoisotopic (exact) mass is 223 g/mol. The second-order valence-electron chi connectivity index (χ2n) is 3.78. The van der Waals surface area contributed by atoms with E-state index in [9.17, 15) is 0 Å². The first-order chi connectivity index (χ1) is 7.88. The van der Waals surface area contributed by atoms with Gasteiger partial charge in [-0.3, -0.25) is 0 Å². The smallest absolute Gasteiger partial charge is 0.213 e. The molecule has 0 aromatic carbocycles. The first-order valence-corrected chi connectivity index (χ1v) is 5.61. The van der Waals surface area contributed by atoms with Crippen LogP contribution in [0, 0.1) is 0 Å². The van der Waals surface area contributed by atoms with Crippen molar-refractivity contribution in [3.8, 4) is 5.88 Å². The van der Waals surface area contributed by atoms with Crippen LogP contribution in [0.25, 0.3) is 0 Å². The Labute approximate surface area is 95.5 Å². The first-order valence-electron chi connectivity index (χ1n) is 5.61. The van der Waals surface area contributed by atoms with E-state index in [0.29, 0.717) is 12.5 Å². The molecule has 0 aliphatic carbocycles. The van der Waals surface area contributed by atoms with Gasteiger partial charge in [0, 0.05) is 12.7 Å². The number of rotatable bonds is 4. The number of hydrogen-bond acceptors (Lipinski definition) is 4. The van der Waals surface area contributed by atoms with Crippen molar-refractivity contribution < 1.29 is 14.2 Å². The molecule has 1 aromatic heterocycles. The van der Waals surface area contributed by atoms with Crippen LogP contribution in [-0.2, 0) is 16.1 Å². The summed E-state index contributed by atoms with van der Waals surface area (Å²) < 4.78 is 16.2. The minimum absolute atomic E-state index is 0.0678. The van der Waals surface area contributed by atoms with Crippen LogP contribution < -0.4 is 4.74 Å². The predicted octanol–water partition coefficient (Wildman–Crippen LogP) is 2.13. The Kier molecular flexibility index (Phi) is 4.13. The lowest BCUT2D eigenvalue weighted by molar-refractivity contribution is -0.169. The highest BCUT2D eigenvalue weighted by Crippen LogP contribution is 2.15. The molecule has 0 radical (unpaired) electrons. The molecule has 1 saturated heterocycles. The molecule has 16 heavy (non-hydrogen) atoms. The van der Waals surface area contributed by atoms with Gasteiger partial charge in [-0.15, -0.1) is 0 Å². The molecule has 2 rings (SSSR count). The Morgan fingerprint density at radius 1 is 1.44 bits per heavy atom. The molecule has 0 spiro atoms. The average Bonchev–Trinajstić information content (AvgIpc) is 2.38. The summed E-state index contributed by atoms with van der Waals surface area (Å²) in [5, 5.41) is 0. The third-order valence-electron chi connectivity index (χ3n) is 2.55. The van der Waals surface area contributed by atoms with Crippen LogP contribution in [0.15, 0.2) is 18.2 Å². The average molecular weight is 223 g/mol. The number of pyridine rings is 1. The number of nitrogens with zero attached hydrogens (tertiary/aromatic N) is 1. The SMILES string of the molecule is COc1cccc(COC2CCCCO2)n1. The first kappa shape index (κ1) is 11.4. The van der Waals surface area contributed by atoms with Gasteiger partial charge in [0.25, 0.3) is 0 Å². The summed E-state index contributed by atoms with van der Waals surface area (Å²) in [5.41, 5.74) is 0.869. The van der Waals surface area contributed by atoms with Crippen LogP contribution in [0.5, 0.6) is 5.88 Å². The summed E-state index contributed by atoms with van der Waals surface area (Å²) >= 11 is 0. The summed E-state index contributed by atoms with van der Waals surface area (Å²) in [7, 11) is 1.61. The summed E-state index contributed by atoms with van der Waals surface area (Å²) in [6.07, 6.45) is 3.22. The lowest BCUT2D eigenvalue weighted by Crippen LogP contribution is -2.22. The zero-order valence-electron chi connectivity index (χ0n) is 9.52. The number of hydrogen-bond donors (Lipinski definition) is 0. The van der Waals surface area contributed by atoms with Crippen LogP contribution in [0.1, 0.15) is 25.0 Å². The van der Waals surface area contributed by atoms with E-state index in [2.05, 4.69) is 4.98 Å². The van der Waals surface area contributed by atoms with Gasteiger partial charge in [-0.2, -0.15) is 0 Å². The Morgan fingerprint density at radius 2 is 2.38 bits per heavy atom. The molecule has 0 saturated carbocycles. The fourth-order valence-corrected chi connectivity index (χ4v) is 1.67. The molecule has 1 aromatic rings. The zero-order valence-corrected chi connectivity index (χ0v) is 9.52. The lowest BCUT2D eigenvalue weighted by atomic mass is 10.2. The van der Waals surface area contributed by atoms with Crippen LogP contribution in [0.4, 0.5) is 0 Å². The Balaban J connectivity index is 1.83. The maximum Gasteiger partial charge on any atom is 0.213 e. The van der Waals surface area contributed by atoms with Gasteiger partial charge >= 0.3 is 0 Å². The molecular formula is C12H17NO3. The van der Waals surface area contributed by atoms with Gasteiger partial charge in [-0.05, 0) is 25.3 Å². The largest absolute Gasteiger partial charge is 0.481 e. The molecule has 88 valence electrons. The van der Waals surface area contributed by atoms with Gasteiger partial charge in [0.05, 0.1) is 19.4 Å². The van der Waals surface area contributed by atoms with E-state index in [0.717, 1.165) is 25.1 Å². The number of ether oxygens (including phenoxy) is 3. The van der Waals surface area contributed by atoms with E-state index in [4.69, 9.17) is 14.2 Å². The summed E-state index contributed by atoms with van der Waals surface area (Å²) in [4.78, 5) is 4.27. The van der Waals surface area contributed by atoms with Crippen molar-refractivity contribution in [3.05, 3.63) is 23.9 Å². The van der Waals surface area contributed by atoms with Crippen molar-refractivity contribution in [1.82, 2.24) is 4.98 Å². The maximum atomic E-state index is 5.63. The topological polar surface area (TPSA) is 40.6 Å². The second kappa shape index (κ2) is 5.82. The Bertz CT molecular complexity index is 324. The van der Waals surface area contributed by atoms with E-state index in [1.54, 1.807) is 7.11 Å². The molecule has 4 heteroatoms. The Morgan fingerprint density at radius 3 is 3.12 bits per heavy atom. The molecular weight excluding hydrogens is 206 g/mol. The van der Waals surface area contributed by atoms with E-state index in [1.165, 1.54) is 6.42 Å². The molecule has 1 aliphatic heterocycles. The molecule has 4 nitrogen and oxygen atoms in total. The van der Waals surface area contributed by atoms with Gasteiger partial charge in [0.15, 0.2) is 6.29 Å². The lowest BCUT2D eigenvalue weighted by Gasteiger charge is -2.22. The molecule has 0 amide bonds. The molecule has 0 bridgehead atoms. The van der Waals surface area contributed by atoms with Crippen LogP contribution >= 0.6 is 0 Å². The fourth-order valence-electron chi connectivity index (χ4n) is 1.67. The summed E-state index contributed by atoms with van der Waals surface area (Å²) in [5.74, 6) is 0.616. The molecule has 1 unspecified atom stereocenters. The highest BCUT2D eigenvalue weighted by Gasteiger charge is 2.14. The van der Waals surface area contributed by atoms with Crippen LogP contribution in [0.2, 0.25) is 0 Å². The van der Waals surface area contributed by atoms with E-state index < -0.39 is 0 Å². The third-order valence-corrected chi connectivity index (χ3v) is 2.55. The molecule has 2 heterocycles. The minimum atomic E-state index is -0.0678. The van der Waals surface area contributed by atoms with Crippen LogP contribution in [-0.4, -0.2) is 25.0 Å². The highest BCUT2D eigenvalue weighted by atomic mass is 16.7. The quantitative estimate of drug-likeness (QED) is 0.784. The number of aromatic nitrogens is 1. The minimum Gasteiger partial charge on any atom is -0.481 e. The van der Waals surface area contributed by atoms with Crippen molar-refractivity contribution in [3.63, 3.8) is 0 Å². The molecule has 0 N–H and O–H groups in total. The van der Waals surface area contributed by atoms with Gasteiger partial charge in [-0.1, -0.05) is 6.07 Å². The van der Waals surface area contributed by atoms with Crippen molar-refractivity contribution in [2.24, 2.45) is 0 Å². The normalized spacial score (nSPS) is 20.7. The van der Waals surface area contributed by atoms with Gasteiger partial charge in [0.1, 0.15) is 0 Å². The standard InChI is InChI=1S/C12H17NO3/c1-14-11-6-4-5-10(13-11)9-16-12-7-2-3-8-15-12/h4-6,12H,2-3,7-9H2,1H3. The van der Waals surface area contributed by atoms with Crippen molar-refractivity contribution in [1.29, 1.82) is 0 Å². The molecule has 1 aliphatic rings.